The Morgan fingerprint density at radius 3 is 2.44 bits per heavy atom. The van der Waals surface area contributed by atoms with Gasteiger partial charge in [-0.25, -0.2) is 4.98 Å². The predicted octanol–water partition coefficient (Wildman–Crippen LogP) is 5.78. The second-order valence-electron chi connectivity index (χ2n) is 6.20. The molecule has 0 amide bonds. The highest BCUT2D eigenvalue weighted by atomic mass is 35.5. The second-order valence-corrected chi connectivity index (χ2v) is 6.61. The van der Waals surface area contributed by atoms with Crippen molar-refractivity contribution < 1.29 is 0 Å². The minimum atomic E-state index is 0.646. The zero-order valence-electron chi connectivity index (χ0n) is 14.5. The maximum atomic E-state index is 8.92. The Bertz CT molecular complexity index is 1160. The van der Waals surface area contributed by atoms with E-state index in [9.17, 15) is 0 Å². The van der Waals surface area contributed by atoms with E-state index in [1.165, 1.54) is 0 Å². The molecule has 4 aromatic rings. The zero-order chi connectivity index (χ0) is 18.6. The molecule has 0 saturated carbocycles. The lowest BCUT2D eigenvalue weighted by Gasteiger charge is -2.09. The molecule has 3 nitrogen and oxygen atoms in total. The number of nitrogens with zero attached hydrogens (tertiary/aromatic N) is 3. The van der Waals surface area contributed by atoms with Crippen LogP contribution < -0.4 is 0 Å². The summed E-state index contributed by atoms with van der Waals surface area (Å²) in [6.45, 7) is 0.646. The summed E-state index contributed by atoms with van der Waals surface area (Å²) in [6.07, 6.45) is 4.00. The van der Waals surface area contributed by atoms with Gasteiger partial charge in [-0.1, -0.05) is 60.1 Å². The minimum Gasteiger partial charge on any atom is -0.320 e. The predicted molar refractivity (Wildman–Crippen MR) is 110 cm³/mol. The second kappa shape index (κ2) is 7.49. The van der Waals surface area contributed by atoms with E-state index < -0.39 is 0 Å². The van der Waals surface area contributed by atoms with Crippen LogP contribution in [0.3, 0.4) is 0 Å². The van der Waals surface area contributed by atoms with Crippen molar-refractivity contribution in [2.24, 2.45) is 0 Å². The van der Waals surface area contributed by atoms with E-state index >= 15 is 0 Å². The Labute approximate surface area is 162 Å². The number of fused-ring (bicyclic) bond motifs is 1. The van der Waals surface area contributed by atoms with Crippen LogP contribution in [0.15, 0.2) is 72.8 Å². The summed E-state index contributed by atoms with van der Waals surface area (Å²) in [7, 11) is 0. The lowest BCUT2D eigenvalue weighted by Crippen LogP contribution is -2.02. The lowest BCUT2D eigenvalue weighted by molar-refractivity contribution is 0.814. The fourth-order valence-electron chi connectivity index (χ4n) is 3.02. The molecule has 0 saturated heterocycles. The monoisotopic (exact) mass is 369 g/mol. The maximum absolute atomic E-state index is 8.92. The van der Waals surface area contributed by atoms with Crippen LogP contribution in [0.25, 0.3) is 23.2 Å². The van der Waals surface area contributed by atoms with Crippen LogP contribution >= 0.6 is 11.6 Å². The van der Waals surface area contributed by atoms with Crippen LogP contribution in [-0.2, 0) is 6.54 Å². The minimum absolute atomic E-state index is 0.646. The largest absolute Gasteiger partial charge is 0.320 e. The van der Waals surface area contributed by atoms with E-state index in [0.29, 0.717) is 12.1 Å². The molecule has 27 heavy (non-hydrogen) atoms. The summed E-state index contributed by atoms with van der Waals surface area (Å²) in [6, 6.07) is 25.6. The highest BCUT2D eigenvalue weighted by molar-refractivity contribution is 6.31. The molecular formula is C23H16ClN3. The van der Waals surface area contributed by atoms with Crippen molar-refractivity contribution in [1.29, 1.82) is 5.26 Å². The molecule has 0 N–H and O–H groups in total. The Kier molecular flexibility index (Phi) is 4.74. The number of benzene rings is 3. The fourth-order valence-corrected chi connectivity index (χ4v) is 3.22. The van der Waals surface area contributed by atoms with Crippen molar-refractivity contribution in [2.75, 3.05) is 0 Å². The van der Waals surface area contributed by atoms with Crippen LogP contribution in [-0.4, -0.2) is 9.55 Å². The molecule has 1 aromatic heterocycles. The van der Waals surface area contributed by atoms with Crippen molar-refractivity contribution >= 4 is 34.8 Å². The first-order valence-corrected chi connectivity index (χ1v) is 8.99. The number of hydrogen-bond donors (Lipinski definition) is 0. The van der Waals surface area contributed by atoms with Crippen LogP contribution in [0.1, 0.15) is 22.5 Å². The van der Waals surface area contributed by atoms with Gasteiger partial charge in [0, 0.05) is 5.02 Å². The third kappa shape index (κ3) is 3.62. The lowest BCUT2D eigenvalue weighted by atomic mass is 10.1. The third-order valence-corrected chi connectivity index (χ3v) is 4.80. The van der Waals surface area contributed by atoms with Gasteiger partial charge < -0.3 is 4.57 Å². The molecule has 0 aliphatic rings. The summed E-state index contributed by atoms with van der Waals surface area (Å²) in [5.74, 6) is 0.862. The highest BCUT2D eigenvalue weighted by Gasteiger charge is 2.10. The molecule has 0 aliphatic heterocycles. The Hall–Kier alpha value is -3.35. The van der Waals surface area contributed by atoms with Crippen molar-refractivity contribution in [2.45, 2.75) is 6.54 Å². The first kappa shape index (κ1) is 17.1. The van der Waals surface area contributed by atoms with Crippen LogP contribution in [0.5, 0.6) is 0 Å². The summed E-state index contributed by atoms with van der Waals surface area (Å²) in [5, 5.41) is 9.67. The number of rotatable bonds is 4. The van der Waals surface area contributed by atoms with Gasteiger partial charge in [-0.05, 0) is 47.5 Å². The summed E-state index contributed by atoms with van der Waals surface area (Å²) in [5.41, 5.74) is 4.74. The van der Waals surface area contributed by atoms with Gasteiger partial charge in [-0.3, -0.25) is 0 Å². The summed E-state index contributed by atoms with van der Waals surface area (Å²) >= 11 is 6.37. The summed E-state index contributed by atoms with van der Waals surface area (Å²) in [4.78, 5) is 4.77. The normalized spacial score (nSPS) is 11.1. The van der Waals surface area contributed by atoms with E-state index in [4.69, 9.17) is 21.8 Å². The number of hydrogen-bond acceptors (Lipinski definition) is 2. The van der Waals surface area contributed by atoms with E-state index in [1.807, 2.05) is 78.9 Å². The van der Waals surface area contributed by atoms with Gasteiger partial charge in [0.05, 0.1) is 29.2 Å². The smallest absolute Gasteiger partial charge is 0.134 e. The maximum Gasteiger partial charge on any atom is 0.134 e. The van der Waals surface area contributed by atoms with Gasteiger partial charge in [-0.15, -0.1) is 0 Å². The zero-order valence-corrected chi connectivity index (χ0v) is 15.3. The molecule has 0 atom stereocenters. The van der Waals surface area contributed by atoms with E-state index in [1.54, 1.807) is 0 Å². The number of nitriles is 1. The van der Waals surface area contributed by atoms with E-state index in [-0.39, 0.29) is 0 Å². The Morgan fingerprint density at radius 1 is 0.926 bits per heavy atom. The highest BCUT2D eigenvalue weighted by Crippen LogP contribution is 2.23. The van der Waals surface area contributed by atoms with Crippen molar-refractivity contribution in [1.82, 2.24) is 9.55 Å². The van der Waals surface area contributed by atoms with Gasteiger partial charge in [0.1, 0.15) is 5.82 Å². The van der Waals surface area contributed by atoms with Crippen LogP contribution in [0, 0.1) is 11.3 Å². The number of halogens is 1. The van der Waals surface area contributed by atoms with Crippen LogP contribution in [0.4, 0.5) is 0 Å². The first-order valence-electron chi connectivity index (χ1n) is 8.61. The van der Waals surface area contributed by atoms with Crippen molar-refractivity contribution in [3.63, 3.8) is 0 Å². The molecule has 4 heteroatoms. The standard InChI is InChI=1S/C23H16ClN3/c24-20-6-2-1-5-19(20)16-27-22-8-4-3-7-21(22)26-23(27)14-13-17-9-11-18(15-25)12-10-17/h1-14H,16H2/b14-13+. The first-order chi connectivity index (χ1) is 13.2. The molecule has 0 bridgehead atoms. The average molecular weight is 370 g/mol. The molecule has 4 rings (SSSR count). The average Bonchev–Trinajstić information content (AvgIpc) is 3.06. The molecule has 130 valence electrons. The quantitative estimate of drug-likeness (QED) is 0.457. The third-order valence-electron chi connectivity index (χ3n) is 4.44. The van der Waals surface area contributed by atoms with Crippen molar-refractivity contribution in [3.05, 3.63) is 100 Å². The molecule has 0 spiro atoms. The van der Waals surface area contributed by atoms with Gasteiger partial charge in [0.2, 0.25) is 0 Å². The molecule has 0 aliphatic carbocycles. The molecule has 1 heterocycles. The molecule has 0 unspecified atom stereocenters. The SMILES string of the molecule is N#Cc1ccc(/C=C/c2nc3ccccc3n2Cc2ccccc2Cl)cc1. The van der Waals surface area contributed by atoms with Gasteiger partial charge >= 0.3 is 0 Å². The van der Waals surface area contributed by atoms with Crippen LogP contribution in [0.2, 0.25) is 5.02 Å². The van der Waals surface area contributed by atoms with Gasteiger partial charge in [0.25, 0.3) is 0 Å². The molecular weight excluding hydrogens is 354 g/mol. The van der Waals surface area contributed by atoms with Crippen molar-refractivity contribution in [3.8, 4) is 6.07 Å². The molecule has 3 aromatic carbocycles. The number of aromatic nitrogens is 2. The fraction of sp³-hybridized carbons (Fsp3) is 0.0435. The number of para-hydroxylation sites is 2. The Morgan fingerprint density at radius 2 is 1.67 bits per heavy atom. The summed E-state index contributed by atoms with van der Waals surface area (Å²) < 4.78 is 2.16. The molecule has 0 radical (unpaired) electrons. The topological polar surface area (TPSA) is 41.6 Å². The van der Waals surface area contributed by atoms with Gasteiger partial charge in [0.15, 0.2) is 0 Å². The number of imidazole rings is 1. The van der Waals surface area contributed by atoms with E-state index in [0.717, 1.165) is 33.0 Å². The molecule has 0 fully saturated rings. The van der Waals surface area contributed by atoms with Gasteiger partial charge in [-0.2, -0.15) is 5.26 Å². The van der Waals surface area contributed by atoms with E-state index in [2.05, 4.69) is 16.7 Å². The Balaban J connectivity index is 1.74.